The van der Waals surface area contributed by atoms with Crippen molar-refractivity contribution in [1.82, 2.24) is 0 Å². The number of nitro groups is 1. The Bertz CT molecular complexity index is 798. The van der Waals surface area contributed by atoms with E-state index in [-0.39, 0.29) is 17.0 Å². The molecule has 7 nitrogen and oxygen atoms in total. The van der Waals surface area contributed by atoms with Crippen molar-refractivity contribution in [3.05, 3.63) is 63.4 Å². The number of benzene rings is 1. The van der Waals surface area contributed by atoms with E-state index in [1.165, 1.54) is 6.92 Å². The van der Waals surface area contributed by atoms with E-state index in [9.17, 15) is 19.7 Å². The van der Waals surface area contributed by atoms with Crippen LogP contribution in [-0.4, -0.2) is 22.8 Å². The van der Waals surface area contributed by atoms with Crippen LogP contribution in [0.15, 0.2) is 40.8 Å². The molecule has 132 valence electrons. The number of ether oxygens (including phenoxy) is 1. The standard InChI is InChI=1S/C18H19NO6/c1-11(24-17(21)14-9-10-15(25-14)19(22)23)16(20)12-5-7-13(8-6-12)18(2,3)4/h5-11H,1-4H3/t11-/m0/s1. The SMILES string of the molecule is C[C@H](OC(=O)c1ccc([N+](=O)[O-])o1)C(=O)c1ccc(C(C)(C)C)cc1. The molecule has 1 aromatic heterocycles. The van der Waals surface area contributed by atoms with Gasteiger partial charge in [-0.15, -0.1) is 0 Å². The minimum absolute atomic E-state index is 0.0341. The van der Waals surface area contributed by atoms with Crippen LogP contribution in [0.2, 0.25) is 0 Å². The van der Waals surface area contributed by atoms with Crippen LogP contribution in [0.3, 0.4) is 0 Å². The van der Waals surface area contributed by atoms with Gasteiger partial charge in [0.15, 0.2) is 6.10 Å². The number of nitrogens with zero attached hydrogens (tertiary/aromatic N) is 1. The van der Waals surface area contributed by atoms with Gasteiger partial charge in [0, 0.05) is 5.56 Å². The molecule has 0 bridgehead atoms. The maximum absolute atomic E-state index is 12.4. The molecule has 25 heavy (non-hydrogen) atoms. The Balaban J connectivity index is 2.06. The summed E-state index contributed by atoms with van der Waals surface area (Å²) >= 11 is 0. The van der Waals surface area contributed by atoms with Crippen molar-refractivity contribution < 1.29 is 23.7 Å². The molecule has 0 saturated carbocycles. The third kappa shape index (κ3) is 4.32. The summed E-state index contributed by atoms with van der Waals surface area (Å²) in [6.45, 7) is 7.64. The lowest BCUT2D eigenvalue weighted by Crippen LogP contribution is -2.24. The molecule has 0 aliphatic heterocycles. The zero-order chi connectivity index (χ0) is 18.8. The van der Waals surface area contributed by atoms with Crippen molar-refractivity contribution in [1.29, 1.82) is 0 Å². The minimum Gasteiger partial charge on any atom is -0.448 e. The normalized spacial score (nSPS) is 12.5. The number of Topliss-reactive ketones (excluding diaryl/α,β-unsaturated/α-hetero) is 1. The fraction of sp³-hybridized carbons (Fsp3) is 0.333. The van der Waals surface area contributed by atoms with Gasteiger partial charge in [-0.3, -0.25) is 14.9 Å². The number of carbonyl (C=O) groups excluding carboxylic acids is 2. The van der Waals surface area contributed by atoms with E-state index in [0.29, 0.717) is 5.56 Å². The van der Waals surface area contributed by atoms with Gasteiger partial charge in [-0.2, -0.15) is 0 Å². The number of esters is 1. The summed E-state index contributed by atoms with van der Waals surface area (Å²) in [5.41, 5.74) is 1.46. The third-order valence-corrected chi connectivity index (χ3v) is 3.66. The molecular formula is C18H19NO6. The average molecular weight is 345 g/mol. The zero-order valence-corrected chi connectivity index (χ0v) is 14.4. The summed E-state index contributed by atoms with van der Waals surface area (Å²) in [6.07, 6.45) is -1.04. The minimum atomic E-state index is -1.04. The lowest BCUT2D eigenvalue weighted by molar-refractivity contribution is -0.402. The van der Waals surface area contributed by atoms with Crippen LogP contribution in [0.5, 0.6) is 0 Å². The first-order chi connectivity index (χ1) is 11.6. The van der Waals surface area contributed by atoms with Crippen LogP contribution < -0.4 is 0 Å². The number of carbonyl (C=O) groups is 2. The number of furan rings is 1. The third-order valence-electron chi connectivity index (χ3n) is 3.66. The number of ketones is 1. The molecule has 0 amide bonds. The van der Waals surface area contributed by atoms with Crippen LogP contribution in [-0.2, 0) is 10.2 Å². The van der Waals surface area contributed by atoms with Gasteiger partial charge in [-0.1, -0.05) is 45.0 Å². The Morgan fingerprint density at radius 3 is 2.20 bits per heavy atom. The Morgan fingerprint density at radius 1 is 1.12 bits per heavy atom. The molecule has 0 unspecified atom stereocenters. The van der Waals surface area contributed by atoms with Gasteiger partial charge >= 0.3 is 11.9 Å². The van der Waals surface area contributed by atoms with Gasteiger partial charge in [0.25, 0.3) is 0 Å². The highest BCUT2D eigenvalue weighted by Crippen LogP contribution is 2.23. The van der Waals surface area contributed by atoms with E-state index in [0.717, 1.165) is 17.7 Å². The van der Waals surface area contributed by atoms with Crippen LogP contribution >= 0.6 is 0 Å². The summed E-state index contributed by atoms with van der Waals surface area (Å²) in [7, 11) is 0. The highest BCUT2D eigenvalue weighted by Gasteiger charge is 2.24. The predicted molar refractivity (Wildman–Crippen MR) is 89.7 cm³/mol. The van der Waals surface area contributed by atoms with Gasteiger partial charge in [-0.25, -0.2) is 4.79 Å². The first kappa shape index (κ1) is 18.4. The quantitative estimate of drug-likeness (QED) is 0.352. The number of hydrogen-bond acceptors (Lipinski definition) is 6. The summed E-state index contributed by atoms with van der Waals surface area (Å²) in [5, 5.41) is 10.6. The van der Waals surface area contributed by atoms with Gasteiger partial charge in [0.2, 0.25) is 11.5 Å². The number of hydrogen-bond donors (Lipinski definition) is 0. The zero-order valence-electron chi connectivity index (χ0n) is 14.4. The Kier molecular flexibility index (Phi) is 5.06. The van der Waals surface area contributed by atoms with Gasteiger partial charge in [0.05, 0.1) is 6.07 Å². The fourth-order valence-corrected chi connectivity index (χ4v) is 2.18. The largest absolute Gasteiger partial charge is 0.448 e. The topological polar surface area (TPSA) is 99.7 Å². The highest BCUT2D eigenvalue weighted by atomic mass is 16.7. The molecule has 0 radical (unpaired) electrons. The second-order valence-corrected chi connectivity index (χ2v) is 6.63. The van der Waals surface area contributed by atoms with E-state index in [2.05, 4.69) is 20.8 Å². The molecule has 1 aromatic carbocycles. The molecule has 7 heteroatoms. The monoisotopic (exact) mass is 345 g/mol. The molecule has 1 heterocycles. The number of rotatable bonds is 5. The summed E-state index contributed by atoms with van der Waals surface area (Å²) in [5.74, 6) is -2.19. The Labute approximate surface area is 144 Å². The van der Waals surface area contributed by atoms with Crippen molar-refractivity contribution in [2.24, 2.45) is 0 Å². The maximum atomic E-state index is 12.4. The highest BCUT2D eigenvalue weighted by molar-refractivity contribution is 6.01. The van der Waals surface area contributed by atoms with Crippen LogP contribution in [0.4, 0.5) is 5.88 Å². The summed E-state index contributed by atoms with van der Waals surface area (Å²) in [6, 6.07) is 9.27. The second kappa shape index (κ2) is 6.88. The molecular weight excluding hydrogens is 326 g/mol. The van der Waals surface area contributed by atoms with Crippen molar-refractivity contribution in [3.8, 4) is 0 Å². The van der Waals surface area contributed by atoms with Crippen LogP contribution in [0.25, 0.3) is 0 Å². The van der Waals surface area contributed by atoms with E-state index >= 15 is 0 Å². The lowest BCUT2D eigenvalue weighted by Gasteiger charge is -2.19. The Hall–Kier alpha value is -2.96. The van der Waals surface area contributed by atoms with Crippen molar-refractivity contribution in [2.75, 3.05) is 0 Å². The fourth-order valence-electron chi connectivity index (χ4n) is 2.18. The van der Waals surface area contributed by atoms with E-state index in [1.54, 1.807) is 12.1 Å². The molecule has 1 atom stereocenters. The van der Waals surface area contributed by atoms with Gasteiger partial charge in [-0.05, 0) is 24.0 Å². The second-order valence-electron chi connectivity index (χ2n) is 6.63. The van der Waals surface area contributed by atoms with Crippen molar-refractivity contribution in [2.45, 2.75) is 39.2 Å². The molecule has 2 rings (SSSR count). The maximum Gasteiger partial charge on any atom is 0.433 e. The molecule has 0 spiro atoms. The average Bonchev–Trinajstić information content (AvgIpc) is 3.03. The first-order valence-corrected chi connectivity index (χ1v) is 7.69. The Morgan fingerprint density at radius 2 is 1.72 bits per heavy atom. The van der Waals surface area contributed by atoms with E-state index in [4.69, 9.17) is 9.15 Å². The smallest absolute Gasteiger partial charge is 0.433 e. The molecule has 0 aliphatic rings. The molecule has 0 N–H and O–H groups in total. The van der Waals surface area contributed by atoms with Gasteiger partial charge in [0.1, 0.15) is 4.92 Å². The summed E-state index contributed by atoms with van der Waals surface area (Å²) in [4.78, 5) is 34.1. The first-order valence-electron chi connectivity index (χ1n) is 7.69. The lowest BCUT2D eigenvalue weighted by atomic mass is 9.86. The van der Waals surface area contributed by atoms with E-state index in [1.807, 2.05) is 12.1 Å². The molecule has 0 fully saturated rings. The predicted octanol–water partition coefficient (Wildman–Crippen LogP) is 3.91. The van der Waals surface area contributed by atoms with Crippen LogP contribution in [0, 0.1) is 10.1 Å². The molecule has 0 aliphatic carbocycles. The van der Waals surface area contributed by atoms with Crippen molar-refractivity contribution >= 4 is 17.6 Å². The van der Waals surface area contributed by atoms with Crippen molar-refractivity contribution in [3.63, 3.8) is 0 Å². The molecule has 0 saturated heterocycles. The van der Waals surface area contributed by atoms with Crippen LogP contribution in [0.1, 0.15) is 54.2 Å². The summed E-state index contributed by atoms with van der Waals surface area (Å²) < 4.78 is 9.80. The van der Waals surface area contributed by atoms with E-state index < -0.39 is 22.9 Å². The van der Waals surface area contributed by atoms with Gasteiger partial charge < -0.3 is 9.15 Å². The molecule has 2 aromatic rings.